The van der Waals surface area contributed by atoms with Gasteiger partial charge < -0.3 is 4.90 Å². The Hall–Kier alpha value is -3.66. The van der Waals surface area contributed by atoms with Gasteiger partial charge in [0.25, 0.3) is 11.6 Å². The standard InChI is InChI=1S/C21H19N5O4S/c1-12-3-6-17(9-13(12)2)25-11-15(10-18(25)27)20-23-24-21(31-20)22-19(28)14-4-7-16(8-5-14)26(29)30/h3-9,15H,10-11H2,1-2H3,(H,22,24,28). The van der Waals surface area contributed by atoms with E-state index >= 15 is 0 Å². The lowest BCUT2D eigenvalue weighted by molar-refractivity contribution is -0.384. The predicted molar refractivity (Wildman–Crippen MR) is 117 cm³/mol. The molecule has 0 spiro atoms. The number of nitrogens with zero attached hydrogens (tertiary/aromatic N) is 4. The van der Waals surface area contributed by atoms with Crippen LogP contribution in [0, 0.1) is 24.0 Å². The summed E-state index contributed by atoms with van der Waals surface area (Å²) in [5.74, 6) is -0.506. The van der Waals surface area contributed by atoms with Crippen LogP contribution in [0.3, 0.4) is 0 Å². The van der Waals surface area contributed by atoms with Gasteiger partial charge in [0.1, 0.15) is 5.01 Å². The van der Waals surface area contributed by atoms with E-state index in [1.807, 2.05) is 32.0 Å². The number of benzene rings is 2. The Morgan fingerprint density at radius 2 is 1.90 bits per heavy atom. The van der Waals surface area contributed by atoms with E-state index < -0.39 is 10.8 Å². The van der Waals surface area contributed by atoms with E-state index in [2.05, 4.69) is 15.5 Å². The van der Waals surface area contributed by atoms with Crippen molar-refractivity contribution in [2.75, 3.05) is 16.8 Å². The van der Waals surface area contributed by atoms with Crippen molar-refractivity contribution in [1.29, 1.82) is 0 Å². The van der Waals surface area contributed by atoms with Gasteiger partial charge in [-0.15, -0.1) is 10.2 Å². The summed E-state index contributed by atoms with van der Waals surface area (Å²) in [5.41, 5.74) is 3.35. The van der Waals surface area contributed by atoms with Crippen molar-refractivity contribution in [2.24, 2.45) is 0 Å². The quantitative estimate of drug-likeness (QED) is 0.479. The number of rotatable bonds is 5. The molecular formula is C21H19N5O4S. The van der Waals surface area contributed by atoms with E-state index in [1.165, 1.54) is 41.2 Å². The topological polar surface area (TPSA) is 118 Å². The first-order valence-corrected chi connectivity index (χ1v) is 10.4. The summed E-state index contributed by atoms with van der Waals surface area (Å²) in [6, 6.07) is 11.3. The number of carbonyl (C=O) groups excluding carboxylic acids is 2. The number of carbonyl (C=O) groups is 2. The van der Waals surface area contributed by atoms with Gasteiger partial charge in [-0.1, -0.05) is 17.4 Å². The SMILES string of the molecule is Cc1ccc(N2CC(c3nnc(NC(=O)c4ccc([N+](=O)[O-])cc4)s3)CC2=O)cc1C. The second-order valence-electron chi connectivity index (χ2n) is 7.38. The zero-order valence-electron chi connectivity index (χ0n) is 16.9. The maximum atomic E-state index is 12.6. The third-order valence-corrected chi connectivity index (χ3v) is 6.28. The first kappa shape index (κ1) is 20.6. The van der Waals surface area contributed by atoms with Crippen LogP contribution >= 0.6 is 11.3 Å². The molecule has 1 N–H and O–H groups in total. The van der Waals surface area contributed by atoms with E-state index in [1.54, 1.807) is 4.90 Å². The van der Waals surface area contributed by atoms with Crippen LogP contribution in [0.5, 0.6) is 0 Å². The molecule has 31 heavy (non-hydrogen) atoms. The summed E-state index contributed by atoms with van der Waals surface area (Å²) < 4.78 is 0. The first-order valence-electron chi connectivity index (χ1n) is 9.58. The fourth-order valence-corrected chi connectivity index (χ4v) is 4.20. The maximum absolute atomic E-state index is 12.6. The summed E-state index contributed by atoms with van der Waals surface area (Å²) >= 11 is 1.22. The Morgan fingerprint density at radius 3 is 2.58 bits per heavy atom. The molecule has 1 atom stereocenters. The molecule has 10 heteroatoms. The minimum Gasteiger partial charge on any atom is -0.312 e. The zero-order valence-corrected chi connectivity index (χ0v) is 17.7. The number of amides is 2. The molecule has 1 saturated heterocycles. The first-order chi connectivity index (χ1) is 14.8. The third kappa shape index (κ3) is 4.29. The number of nitrogens with one attached hydrogen (secondary N) is 1. The Morgan fingerprint density at radius 1 is 1.16 bits per heavy atom. The Kier molecular flexibility index (Phi) is 5.47. The second kappa shape index (κ2) is 8.23. The van der Waals surface area contributed by atoms with Crippen LogP contribution in [0.1, 0.15) is 38.8 Å². The number of hydrogen-bond donors (Lipinski definition) is 1. The molecule has 1 aliphatic heterocycles. The molecule has 0 saturated carbocycles. The lowest BCUT2D eigenvalue weighted by Gasteiger charge is -2.17. The molecule has 0 aliphatic carbocycles. The Balaban J connectivity index is 1.43. The summed E-state index contributed by atoms with van der Waals surface area (Å²) in [6.07, 6.45) is 0.331. The highest BCUT2D eigenvalue weighted by atomic mass is 32.1. The number of hydrogen-bond acceptors (Lipinski definition) is 7. The van der Waals surface area contributed by atoms with Gasteiger partial charge in [-0.2, -0.15) is 0 Å². The molecule has 4 rings (SSSR count). The maximum Gasteiger partial charge on any atom is 0.269 e. The van der Waals surface area contributed by atoms with Crippen molar-refractivity contribution in [2.45, 2.75) is 26.2 Å². The lowest BCUT2D eigenvalue weighted by Crippen LogP contribution is -2.24. The fourth-order valence-electron chi connectivity index (χ4n) is 3.37. The van der Waals surface area contributed by atoms with Crippen molar-refractivity contribution in [1.82, 2.24) is 10.2 Å². The summed E-state index contributed by atoms with van der Waals surface area (Å²) in [7, 11) is 0. The Labute approximate surface area is 181 Å². The van der Waals surface area contributed by atoms with Crippen molar-refractivity contribution in [3.8, 4) is 0 Å². The average molecular weight is 437 g/mol. The predicted octanol–water partition coefficient (Wildman–Crippen LogP) is 3.84. The van der Waals surface area contributed by atoms with Gasteiger partial charge in [-0.25, -0.2) is 0 Å². The minimum absolute atomic E-state index is 0.0277. The van der Waals surface area contributed by atoms with Crippen LogP contribution in [0.25, 0.3) is 0 Å². The number of aryl methyl sites for hydroxylation is 2. The molecule has 158 valence electrons. The summed E-state index contributed by atoms with van der Waals surface area (Å²) in [5, 5.41) is 22.6. The number of nitro groups is 1. The average Bonchev–Trinajstić information content (AvgIpc) is 3.36. The molecule has 2 aromatic carbocycles. The molecule has 2 heterocycles. The molecule has 2 amide bonds. The highest BCUT2D eigenvalue weighted by Gasteiger charge is 2.34. The number of anilines is 2. The molecular weight excluding hydrogens is 418 g/mol. The van der Waals surface area contributed by atoms with Crippen LogP contribution in [0.15, 0.2) is 42.5 Å². The highest BCUT2D eigenvalue weighted by Crippen LogP contribution is 2.34. The largest absolute Gasteiger partial charge is 0.312 e. The number of nitro benzene ring substituents is 1. The fraction of sp³-hybridized carbons (Fsp3) is 0.238. The molecule has 3 aromatic rings. The van der Waals surface area contributed by atoms with E-state index in [0.717, 1.165) is 11.3 Å². The van der Waals surface area contributed by atoms with Crippen LogP contribution in [-0.4, -0.2) is 33.5 Å². The van der Waals surface area contributed by atoms with Gasteiger partial charge >= 0.3 is 0 Å². The Bertz CT molecular complexity index is 1170. The third-order valence-electron chi connectivity index (χ3n) is 5.28. The van der Waals surface area contributed by atoms with Gasteiger partial charge in [0.2, 0.25) is 11.0 Å². The van der Waals surface area contributed by atoms with Gasteiger partial charge in [0.15, 0.2) is 0 Å². The number of non-ortho nitro benzene ring substituents is 1. The van der Waals surface area contributed by atoms with Crippen molar-refractivity contribution < 1.29 is 14.5 Å². The summed E-state index contributed by atoms with van der Waals surface area (Å²) in [6.45, 7) is 4.55. The summed E-state index contributed by atoms with van der Waals surface area (Å²) in [4.78, 5) is 36.9. The van der Waals surface area contributed by atoms with Crippen molar-refractivity contribution >= 4 is 39.7 Å². The normalized spacial score (nSPS) is 15.9. The van der Waals surface area contributed by atoms with E-state index in [0.29, 0.717) is 23.1 Å². The van der Waals surface area contributed by atoms with Crippen LogP contribution in [0.4, 0.5) is 16.5 Å². The lowest BCUT2D eigenvalue weighted by atomic mass is 10.1. The van der Waals surface area contributed by atoms with Gasteiger partial charge in [-0.3, -0.25) is 25.0 Å². The molecule has 9 nitrogen and oxygen atoms in total. The van der Waals surface area contributed by atoms with E-state index in [9.17, 15) is 19.7 Å². The van der Waals surface area contributed by atoms with Crippen molar-refractivity contribution in [3.63, 3.8) is 0 Å². The van der Waals surface area contributed by atoms with Crippen LogP contribution in [0.2, 0.25) is 0 Å². The minimum atomic E-state index is -0.525. The van der Waals surface area contributed by atoms with E-state index in [4.69, 9.17) is 0 Å². The van der Waals surface area contributed by atoms with Gasteiger partial charge in [0.05, 0.1) is 4.92 Å². The number of aromatic nitrogens is 2. The van der Waals surface area contributed by atoms with Crippen molar-refractivity contribution in [3.05, 3.63) is 74.3 Å². The van der Waals surface area contributed by atoms with Gasteiger partial charge in [-0.05, 0) is 49.2 Å². The second-order valence-corrected chi connectivity index (χ2v) is 8.39. The monoisotopic (exact) mass is 437 g/mol. The molecule has 1 aromatic heterocycles. The van der Waals surface area contributed by atoms with Gasteiger partial charge in [0, 0.05) is 42.3 Å². The molecule has 1 aliphatic rings. The molecule has 1 unspecified atom stereocenters. The highest BCUT2D eigenvalue weighted by molar-refractivity contribution is 7.15. The van der Waals surface area contributed by atoms with Crippen LogP contribution < -0.4 is 10.2 Å². The van der Waals surface area contributed by atoms with E-state index in [-0.39, 0.29) is 23.1 Å². The zero-order chi connectivity index (χ0) is 22.1. The van der Waals surface area contributed by atoms with Crippen LogP contribution in [-0.2, 0) is 4.79 Å². The molecule has 0 radical (unpaired) electrons. The smallest absolute Gasteiger partial charge is 0.269 e. The molecule has 0 bridgehead atoms. The molecule has 1 fully saturated rings.